The second kappa shape index (κ2) is 9.11. The maximum Gasteiger partial charge on any atom is 0.276 e. The molecule has 0 fully saturated rings. The summed E-state index contributed by atoms with van der Waals surface area (Å²) in [6.45, 7) is 6.52. The molecule has 6 heteroatoms. The summed E-state index contributed by atoms with van der Waals surface area (Å²) >= 11 is 0. The Morgan fingerprint density at radius 3 is 2.52 bits per heavy atom. The van der Waals surface area contributed by atoms with Crippen LogP contribution in [0.15, 0.2) is 59.4 Å². The van der Waals surface area contributed by atoms with Crippen molar-refractivity contribution in [1.29, 1.82) is 0 Å². The van der Waals surface area contributed by atoms with E-state index in [2.05, 4.69) is 10.4 Å². The first kappa shape index (κ1) is 20.9. The number of hydrogen-bond donors (Lipinski definition) is 2. The van der Waals surface area contributed by atoms with Crippen LogP contribution in [-0.2, 0) is 6.54 Å². The molecular formula is C23H26FN3O2. The molecule has 0 spiro atoms. The van der Waals surface area contributed by atoms with Crippen molar-refractivity contribution in [3.05, 3.63) is 81.9 Å². The largest absolute Gasteiger partial charge is 0.392 e. The third-order valence-corrected chi connectivity index (χ3v) is 4.82. The van der Waals surface area contributed by atoms with E-state index in [-0.39, 0.29) is 18.0 Å². The molecule has 0 aliphatic carbocycles. The standard InChI is InChI=1S/C23H26FN3O2/c1-15(2)22(28)14-25-13-18-11-21(17-9-7-16(3)8-10-17)26-27(23(18)29)20-6-4-5-19(24)12-20/h4-12,15,22,25,28H,13-14H2,1-3H3. The predicted molar refractivity (Wildman–Crippen MR) is 113 cm³/mol. The van der Waals surface area contributed by atoms with Gasteiger partial charge < -0.3 is 10.4 Å². The highest BCUT2D eigenvalue weighted by Gasteiger charge is 2.14. The van der Waals surface area contributed by atoms with Gasteiger partial charge in [-0.1, -0.05) is 49.7 Å². The summed E-state index contributed by atoms with van der Waals surface area (Å²) in [5, 5.41) is 17.6. The molecule has 1 aromatic heterocycles. The normalized spacial score (nSPS) is 12.3. The zero-order chi connectivity index (χ0) is 21.0. The summed E-state index contributed by atoms with van der Waals surface area (Å²) in [6.07, 6.45) is -0.501. The topological polar surface area (TPSA) is 67.2 Å². The summed E-state index contributed by atoms with van der Waals surface area (Å²) in [7, 11) is 0. The molecule has 3 aromatic rings. The number of aliphatic hydroxyl groups is 1. The Kier molecular flexibility index (Phi) is 6.56. The predicted octanol–water partition coefficient (Wildman–Crippen LogP) is 3.45. The number of aryl methyl sites for hydroxylation is 1. The van der Waals surface area contributed by atoms with Crippen molar-refractivity contribution in [2.45, 2.75) is 33.4 Å². The lowest BCUT2D eigenvalue weighted by Crippen LogP contribution is -2.33. The monoisotopic (exact) mass is 395 g/mol. The van der Waals surface area contributed by atoms with Crippen LogP contribution in [0.3, 0.4) is 0 Å². The molecule has 152 valence electrons. The summed E-state index contributed by atoms with van der Waals surface area (Å²) in [6, 6.07) is 15.4. The third kappa shape index (κ3) is 5.16. The lowest BCUT2D eigenvalue weighted by atomic mass is 10.1. The number of hydrogen-bond acceptors (Lipinski definition) is 4. The van der Waals surface area contributed by atoms with Crippen LogP contribution in [0, 0.1) is 18.7 Å². The Balaban J connectivity index is 2.02. The van der Waals surface area contributed by atoms with Gasteiger partial charge in [-0.05, 0) is 37.1 Å². The molecule has 1 unspecified atom stereocenters. The molecule has 2 N–H and O–H groups in total. The molecule has 0 amide bonds. The molecule has 29 heavy (non-hydrogen) atoms. The van der Waals surface area contributed by atoms with Gasteiger partial charge in [-0.25, -0.2) is 4.39 Å². The van der Waals surface area contributed by atoms with E-state index in [1.54, 1.807) is 18.2 Å². The molecule has 0 saturated carbocycles. The SMILES string of the molecule is Cc1ccc(-c2cc(CNCC(O)C(C)C)c(=O)n(-c3cccc(F)c3)n2)cc1. The summed E-state index contributed by atoms with van der Waals surface area (Å²) < 4.78 is 15.0. The van der Waals surface area contributed by atoms with Crippen molar-refractivity contribution in [2.75, 3.05) is 6.54 Å². The zero-order valence-electron chi connectivity index (χ0n) is 16.9. The number of nitrogens with zero attached hydrogens (tertiary/aromatic N) is 2. The fourth-order valence-corrected chi connectivity index (χ4v) is 2.91. The molecule has 0 aliphatic heterocycles. The van der Waals surface area contributed by atoms with E-state index in [1.807, 2.05) is 45.0 Å². The van der Waals surface area contributed by atoms with Crippen LogP contribution < -0.4 is 10.9 Å². The van der Waals surface area contributed by atoms with Crippen LogP contribution in [0.4, 0.5) is 4.39 Å². The second-order valence-corrected chi connectivity index (χ2v) is 7.56. The number of halogens is 1. The first-order chi connectivity index (χ1) is 13.8. The van der Waals surface area contributed by atoms with Crippen LogP contribution in [0.2, 0.25) is 0 Å². The average Bonchev–Trinajstić information content (AvgIpc) is 2.69. The zero-order valence-corrected chi connectivity index (χ0v) is 16.9. The van der Waals surface area contributed by atoms with E-state index in [0.717, 1.165) is 11.1 Å². The van der Waals surface area contributed by atoms with Gasteiger partial charge in [0.2, 0.25) is 0 Å². The lowest BCUT2D eigenvalue weighted by molar-refractivity contribution is 0.123. The van der Waals surface area contributed by atoms with E-state index in [1.165, 1.54) is 16.8 Å². The minimum absolute atomic E-state index is 0.118. The van der Waals surface area contributed by atoms with E-state index >= 15 is 0 Å². The van der Waals surface area contributed by atoms with Crippen molar-refractivity contribution < 1.29 is 9.50 Å². The van der Waals surface area contributed by atoms with E-state index in [9.17, 15) is 14.3 Å². The molecule has 1 atom stereocenters. The van der Waals surface area contributed by atoms with Crippen molar-refractivity contribution >= 4 is 0 Å². The lowest BCUT2D eigenvalue weighted by Gasteiger charge is -2.16. The van der Waals surface area contributed by atoms with Crippen molar-refractivity contribution in [1.82, 2.24) is 15.1 Å². The minimum Gasteiger partial charge on any atom is -0.392 e. The number of rotatable bonds is 7. The molecule has 0 radical (unpaired) electrons. The number of benzene rings is 2. The maximum atomic E-state index is 13.7. The Morgan fingerprint density at radius 1 is 1.14 bits per heavy atom. The van der Waals surface area contributed by atoms with Crippen LogP contribution >= 0.6 is 0 Å². The fraction of sp³-hybridized carbons (Fsp3) is 0.304. The van der Waals surface area contributed by atoms with E-state index in [4.69, 9.17) is 0 Å². The van der Waals surface area contributed by atoms with Gasteiger partial charge in [-0.3, -0.25) is 4.79 Å². The van der Waals surface area contributed by atoms with Crippen molar-refractivity contribution in [3.63, 3.8) is 0 Å². The fourth-order valence-electron chi connectivity index (χ4n) is 2.91. The van der Waals surface area contributed by atoms with Gasteiger partial charge in [0.15, 0.2) is 0 Å². The number of aromatic nitrogens is 2. The quantitative estimate of drug-likeness (QED) is 0.643. The van der Waals surface area contributed by atoms with E-state index < -0.39 is 11.9 Å². The molecule has 2 aromatic carbocycles. The van der Waals surface area contributed by atoms with Gasteiger partial charge in [0.1, 0.15) is 5.82 Å². The highest BCUT2D eigenvalue weighted by atomic mass is 19.1. The molecule has 0 saturated heterocycles. The smallest absolute Gasteiger partial charge is 0.276 e. The summed E-state index contributed by atoms with van der Waals surface area (Å²) in [4.78, 5) is 13.0. The second-order valence-electron chi connectivity index (χ2n) is 7.56. The summed E-state index contributed by atoms with van der Waals surface area (Å²) in [5.74, 6) is -0.316. The minimum atomic E-state index is -0.501. The molecule has 5 nitrogen and oxygen atoms in total. The first-order valence-electron chi connectivity index (χ1n) is 9.70. The number of nitrogens with one attached hydrogen (secondary N) is 1. The highest BCUT2D eigenvalue weighted by Crippen LogP contribution is 2.19. The summed E-state index contributed by atoms with van der Waals surface area (Å²) in [5.41, 5.74) is 3.15. The maximum absolute atomic E-state index is 13.7. The van der Waals surface area contributed by atoms with Crippen LogP contribution in [0.25, 0.3) is 16.9 Å². The van der Waals surface area contributed by atoms with Crippen molar-refractivity contribution in [3.8, 4) is 16.9 Å². The molecule has 3 rings (SSSR count). The molecule has 1 heterocycles. The average molecular weight is 395 g/mol. The highest BCUT2D eigenvalue weighted by molar-refractivity contribution is 5.60. The van der Waals surface area contributed by atoms with Gasteiger partial charge in [0.05, 0.1) is 17.5 Å². The Hall–Kier alpha value is -2.83. The van der Waals surface area contributed by atoms with Crippen LogP contribution in [0.1, 0.15) is 25.0 Å². The van der Waals surface area contributed by atoms with Crippen LogP contribution in [0.5, 0.6) is 0 Å². The Bertz CT molecular complexity index is 1030. The molecular weight excluding hydrogens is 369 g/mol. The van der Waals surface area contributed by atoms with Gasteiger partial charge >= 0.3 is 0 Å². The van der Waals surface area contributed by atoms with Crippen molar-refractivity contribution in [2.24, 2.45) is 5.92 Å². The van der Waals surface area contributed by atoms with Gasteiger partial charge in [-0.15, -0.1) is 0 Å². The number of aliphatic hydroxyl groups excluding tert-OH is 1. The van der Waals surface area contributed by atoms with E-state index in [0.29, 0.717) is 23.5 Å². The van der Waals surface area contributed by atoms with Gasteiger partial charge in [-0.2, -0.15) is 9.78 Å². The van der Waals surface area contributed by atoms with Crippen LogP contribution in [-0.4, -0.2) is 27.5 Å². The Labute approximate surface area is 169 Å². The molecule has 0 aliphatic rings. The van der Waals surface area contributed by atoms with Gasteiger partial charge in [0, 0.05) is 24.2 Å². The Morgan fingerprint density at radius 2 is 1.86 bits per heavy atom. The molecule has 0 bridgehead atoms. The first-order valence-corrected chi connectivity index (χ1v) is 9.70. The third-order valence-electron chi connectivity index (χ3n) is 4.82. The van der Waals surface area contributed by atoms with Gasteiger partial charge in [0.25, 0.3) is 5.56 Å².